The molecule has 1 N–H and O–H groups in total. The zero-order valence-corrected chi connectivity index (χ0v) is 15.7. The molecule has 7 nitrogen and oxygen atoms in total. The number of carbonyl (C=O) groups is 2. The topological polar surface area (TPSA) is 79.3 Å². The Balaban J connectivity index is 1.88. The van der Waals surface area contributed by atoms with Gasteiger partial charge >= 0.3 is 5.97 Å². The van der Waals surface area contributed by atoms with Crippen molar-refractivity contribution in [1.29, 1.82) is 0 Å². The molecule has 1 aromatic rings. The highest BCUT2D eigenvalue weighted by molar-refractivity contribution is 5.77. The van der Waals surface area contributed by atoms with Crippen LogP contribution in [0.2, 0.25) is 0 Å². The fourth-order valence-corrected chi connectivity index (χ4v) is 3.16. The van der Waals surface area contributed by atoms with Gasteiger partial charge in [0.05, 0.1) is 26.4 Å². The number of ether oxygens (including phenoxy) is 2. The quantitative estimate of drug-likeness (QED) is 0.752. The van der Waals surface area contributed by atoms with Crippen molar-refractivity contribution in [3.63, 3.8) is 0 Å². The summed E-state index contributed by atoms with van der Waals surface area (Å²) in [5.74, 6) is 0.0983. The summed E-state index contributed by atoms with van der Waals surface area (Å²) in [4.78, 5) is 27.0. The molecule has 0 aliphatic carbocycles. The number of rotatable bonds is 8. The highest BCUT2D eigenvalue weighted by atomic mass is 16.5. The lowest BCUT2D eigenvalue weighted by atomic mass is 9.97. The third kappa shape index (κ3) is 6.00. The zero-order valence-electron chi connectivity index (χ0n) is 15.7. The van der Waals surface area contributed by atoms with E-state index < -0.39 is 5.97 Å². The third-order valence-corrected chi connectivity index (χ3v) is 4.56. The van der Waals surface area contributed by atoms with Crippen LogP contribution in [0.25, 0.3) is 0 Å². The Kier molecular flexibility index (Phi) is 7.41. The number of methoxy groups -OCH3 is 1. The second-order valence-electron chi connectivity index (χ2n) is 6.80. The van der Waals surface area contributed by atoms with Crippen molar-refractivity contribution in [2.24, 2.45) is 0 Å². The molecule has 0 unspecified atom stereocenters. The molecule has 1 heterocycles. The summed E-state index contributed by atoms with van der Waals surface area (Å²) in [6, 6.07) is 7.78. The van der Waals surface area contributed by atoms with E-state index in [-0.39, 0.29) is 24.5 Å². The first kappa shape index (κ1) is 20.2. The van der Waals surface area contributed by atoms with Gasteiger partial charge in [0.25, 0.3) is 0 Å². The summed E-state index contributed by atoms with van der Waals surface area (Å²) < 4.78 is 10.9. The first-order valence-corrected chi connectivity index (χ1v) is 8.82. The van der Waals surface area contributed by atoms with Crippen LogP contribution in [0.3, 0.4) is 0 Å². The van der Waals surface area contributed by atoms with Gasteiger partial charge in [0.2, 0.25) is 5.91 Å². The molecule has 1 amide bonds. The molecule has 2 atom stereocenters. The summed E-state index contributed by atoms with van der Waals surface area (Å²) in [6.45, 7) is 4.02. The van der Waals surface area contributed by atoms with Gasteiger partial charge in [-0.1, -0.05) is 19.1 Å². The number of morpholine rings is 1. The number of nitrogens with zero attached hydrogens (tertiary/aromatic N) is 2. The first-order chi connectivity index (χ1) is 12.4. The first-order valence-electron chi connectivity index (χ1n) is 8.82. The van der Waals surface area contributed by atoms with Gasteiger partial charge in [-0.05, 0) is 30.7 Å². The number of carbonyl (C=O) groups excluding carboxylic acids is 1. The normalized spacial score (nSPS) is 18.6. The van der Waals surface area contributed by atoms with Crippen LogP contribution >= 0.6 is 0 Å². The molecular formula is C19H28N2O5. The summed E-state index contributed by atoms with van der Waals surface area (Å²) >= 11 is 0. The second-order valence-corrected chi connectivity index (χ2v) is 6.80. The van der Waals surface area contributed by atoms with Crippen molar-refractivity contribution >= 4 is 11.9 Å². The van der Waals surface area contributed by atoms with E-state index in [1.807, 2.05) is 36.1 Å². The number of amides is 1. The van der Waals surface area contributed by atoms with Crippen molar-refractivity contribution in [1.82, 2.24) is 9.80 Å². The van der Waals surface area contributed by atoms with Crippen molar-refractivity contribution in [3.05, 3.63) is 29.8 Å². The van der Waals surface area contributed by atoms with Crippen LogP contribution in [0.4, 0.5) is 0 Å². The Bertz CT molecular complexity index is 622. The van der Waals surface area contributed by atoms with Crippen molar-refractivity contribution in [2.75, 3.05) is 46.9 Å². The van der Waals surface area contributed by atoms with Gasteiger partial charge in [0, 0.05) is 26.1 Å². The number of hydrogen-bond acceptors (Lipinski definition) is 5. The lowest BCUT2D eigenvalue weighted by Crippen LogP contribution is -2.49. The van der Waals surface area contributed by atoms with Gasteiger partial charge in [-0.3, -0.25) is 14.5 Å². The van der Waals surface area contributed by atoms with Crippen LogP contribution in [0.15, 0.2) is 24.3 Å². The fraction of sp³-hybridized carbons (Fsp3) is 0.579. The average Bonchev–Trinajstić information content (AvgIpc) is 2.61. The lowest BCUT2D eigenvalue weighted by Gasteiger charge is -2.35. The Morgan fingerprint density at radius 3 is 2.92 bits per heavy atom. The number of carboxylic acid groups (broad SMARTS) is 1. The fourth-order valence-electron chi connectivity index (χ4n) is 3.16. The molecule has 1 aliphatic rings. The Hall–Kier alpha value is -2.12. The van der Waals surface area contributed by atoms with Crippen molar-refractivity contribution in [2.45, 2.75) is 25.4 Å². The molecule has 1 saturated heterocycles. The molecule has 0 bridgehead atoms. The SMILES string of the molecule is COc1cccc([C@H](C)CC(=O)N2CCO[C@H](CN(C)CC(=O)O)C2)c1. The maximum atomic E-state index is 12.7. The van der Waals surface area contributed by atoms with Crippen LogP contribution in [0, 0.1) is 0 Å². The minimum absolute atomic E-state index is 0.0410. The highest BCUT2D eigenvalue weighted by Gasteiger charge is 2.26. The number of benzene rings is 1. The number of likely N-dealkylation sites (N-methyl/N-ethyl adjacent to an activating group) is 1. The molecule has 1 fully saturated rings. The Morgan fingerprint density at radius 1 is 1.46 bits per heavy atom. The van der Waals surface area contributed by atoms with Gasteiger partial charge in [-0.25, -0.2) is 0 Å². The van der Waals surface area contributed by atoms with Gasteiger partial charge in [-0.15, -0.1) is 0 Å². The predicted molar refractivity (Wildman–Crippen MR) is 97.5 cm³/mol. The van der Waals surface area contributed by atoms with Crippen molar-refractivity contribution < 1.29 is 24.2 Å². The standard InChI is InChI=1S/C19H28N2O5/c1-14(15-5-4-6-16(10-15)25-3)9-18(22)21-7-8-26-17(12-21)11-20(2)13-19(23)24/h4-6,10,14,17H,7-9,11-13H2,1-3H3,(H,23,24)/t14-,17-/m1/s1. The number of hydrogen-bond donors (Lipinski definition) is 1. The van der Waals surface area contributed by atoms with E-state index in [2.05, 4.69) is 0 Å². The molecule has 0 saturated carbocycles. The van der Waals surface area contributed by atoms with Crippen LogP contribution in [0.1, 0.15) is 24.8 Å². The molecule has 144 valence electrons. The third-order valence-electron chi connectivity index (χ3n) is 4.56. The van der Waals surface area contributed by atoms with Gasteiger partial charge in [0.15, 0.2) is 0 Å². The number of carboxylic acids is 1. The van der Waals surface area contributed by atoms with Crippen LogP contribution in [0.5, 0.6) is 5.75 Å². The Morgan fingerprint density at radius 2 is 2.23 bits per heavy atom. The molecule has 1 aliphatic heterocycles. The summed E-state index contributed by atoms with van der Waals surface area (Å²) in [5.41, 5.74) is 1.07. The van der Waals surface area contributed by atoms with Gasteiger partial charge < -0.3 is 19.5 Å². The van der Waals surface area contributed by atoms with Crippen LogP contribution in [-0.2, 0) is 14.3 Å². The molecule has 26 heavy (non-hydrogen) atoms. The van der Waals surface area contributed by atoms with E-state index in [4.69, 9.17) is 14.6 Å². The largest absolute Gasteiger partial charge is 0.497 e. The maximum absolute atomic E-state index is 12.7. The van der Waals surface area contributed by atoms with E-state index in [1.165, 1.54) is 0 Å². The highest BCUT2D eigenvalue weighted by Crippen LogP contribution is 2.24. The minimum Gasteiger partial charge on any atom is -0.497 e. The molecule has 1 aromatic carbocycles. The molecular weight excluding hydrogens is 336 g/mol. The lowest BCUT2D eigenvalue weighted by molar-refractivity contribution is -0.142. The second kappa shape index (κ2) is 9.54. The monoisotopic (exact) mass is 364 g/mol. The van der Waals surface area contributed by atoms with E-state index in [0.29, 0.717) is 32.7 Å². The molecule has 0 aromatic heterocycles. The van der Waals surface area contributed by atoms with E-state index in [9.17, 15) is 9.59 Å². The zero-order chi connectivity index (χ0) is 19.1. The molecule has 0 spiro atoms. The summed E-state index contributed by atoms with van der Waals surface area (Å²) in [6.07, 6.45) is 0.259. The average molecular weight is 364 g/mol. The molecule has 0 radical (unpaired) electrons. The summed E-state index contributed by atoms with van der Waals surface area (Å²) in [7, 11) is 3.37. The molecule has 7 heteroatoms. The van der Waals surface area contributed by atoms with Crippen LogP contribution in [-0.4, -0.2) is 79.8 Å². The van der Waals surface area contributed by atoms with Crippen LogP contribution < -0.4 is 4.74 Å². The van der Waals surface area contributed by atoms with E-state index in [1.54, 1.807) is 19.1 Å². The molecule has 2 rings (SSSR count). The minimum atomic E-state index is -0.872. The summed E-state index contributed by atoms with van der Waals surface area (Å²) in [5, 5.41) is 8.84. The van der Waals surface area contributed by atoms with Gasteiger partial charge in [0.1, 0.15) is 5.75 Å². The Labute approximate surface area is 154 Å². The van der Waals surface area contributed by atoms with Crippen molar-refractivity contribution in [3.8, 4) is 5.75 Å². The van der Waals surface area contributed by atoms with E-state index >= 15 is 0 Å². The smallest absolute Gasteiger partial charge is 0.317 e. The maximum Gasteiger partial charge on any atom is 0.317 e. The van der Waals surface area contributed by atoms with E-state index in [0.717, 1.165) is 11.3 Å². The predicted octanol–water partition coefficient (Wildman–Crippen LogP) is 1.43. The number of aliphatic carboxylic acids is 1. The van der Waals surface area contributed by atoms with Gasteiger partial charge in [-0.2, -0.15) is 0 Å².